The number of azo groups is 3. The fourth-order valence-corrected chi connectivity index (χ4v) is 9.77. The molecule has 0 aromatic heterocycles. The van der Waals surface area contributed by atoms with Crippen molar-refractivity contribution in [3.8, 4) is 5.75 Å². The lowest BCUT2D eigenvalue weighted by atomic mass is 10.0. The van der Waals surface area contributed by atoms with Gasteiger partial charge in [0.1, 0.15) is 27.7 Å². The van der Waals surface area contributed by atoms with E-state index in [0.29, 0.717) is 17.1 Å². The van der Waals surface area contributed by atoms with Gasteiger partial charge in [-0.3, -0.25) is 18.6 Å². The Morgan fingerprint density at radius 1 is 0.691 bits per heavy atom. The number of nitrogen functional groups attached to an aromatic ring is 3. The summed E-state index contributed by atoms with van der Waals surface area (Å²) in [5, 5.41) is 27.3. The number of sulfone groups is 1. The van der Waals surface area contributed by atoms with E-state index in [9.17, 15) is 43.0 Å². The molecule has 24 nitrogen and oxygen atoms in total. The highest BCUT2D eigenvalue weighted by Crippen LogP contribution is 2.46. The molecule has 0 saturated heterocycles. The summed E-state index contributed by atoms with van der Waals surface area (Å²) in [5.74, 6) is -0.696. The molecule has 0 spiro atoms. The Bertz CT molecular complexity index is 3510. The standard InChI is InChI=1S/C39H38N12O12S5/c1-21(52)44-30-19-29(40)32(63-2)20-31(30)48-45-23-3-5-26(6-4-23)51-66(55,56)28-13-9-25(10-14-28)47-50-39-34(67(57,58)59)18-22-17-33(64)38(36(41)35(22)37(39)42)49-46-24-7-11-27(12-8-24)65(53,54)16-15-43-68(60,61)62/h3-14,17-20,43,51,64H,15-16,40-42H2,1-2H3,(H,44,52)(H,57,58,59)(H,60,61,62). The zero-order chi connectivity index (χ0) is 49.8. The molecule has 11 N–H and O–H groups in total. The van der Waals surface area contributed by atoms with Crippen LogP contribution in [0.4, 0.5) is 62.6 Å². The summed E-state index contributed by atoms with van der Waals surface area (Å²) >= 11 is 4.41. The number of thiol groups is 1. The van der Waals surface area contributed by atoms with Gasteiger partial charge in [-0.05, 0) is 96.4 Å². The summed E-state index contributed by atoms with van der Waals surface area (Å²) in [6.45, 7) is 0.746. The Morgan fingerprint density at radius 3 is 1.76 bits per heavy atom. The normalized spacial score (nSPS) is 12.6. The van der Waals surface area contributed by atoms with Crippen molar-refractivity contribution >= 4 is 132 Å². The molecule has 0 aliphatic carbocycles. The molecule has 0 unspecified atom stereocenters. The maximum Gasteiger partial charge on any atom is 0.333 e. The Morgan fingerprint density at radius 2 is 1.22 bits per heavy atom. The van der Waals surface area contributed by atoms with E-state index in [1.165, 1.54) is 105 Å². The van der Waals surface area contributed by atoms with Crippen LogP contribution in [-0.4, -0.2) is 68.1 Å². The van der Waals surface area contributed by atoms with Crippen molar-refractivity contribution in [1.29, 1.82) is 0 Å². The highest BCUT2D eigenvalue weighted by atomic mass is 32.2. The number of benzene rings is 6. The molecule has 6 aromatic rings. The molecule has 0 aliphatic rings. The molecule has 68 heavy (non-hydrogen) atoms. The topological polar surface area (TPSA) is 392 Å². The second-order valence-electron chi connectivity index (χ2n) is 14.1. The smallest absolute Gasteiger partial charge is 0.333 e. The van der Waals surface area contributed by atoms with Crippen LogP contribution >= 0.6 is 12.6 Å². The molecular weight excluding hydrogens is 989 g/mol. The van der Waals surface area contributed by atoms with Crippen LogP contribution in [0.15, 0.2) is 147 Å². The summed E-state index contributed by atoms with van der Waals surface area (Å²) in [5.41, 5.74) is 19.3. The van der Waals surface area contributed by atoms with Gasteiger partial charge < -0.3 is 27.3 Å². The zero-order valence-corrected chi connectivity index (χ0v) is 39.3. The molecule has 0 aliphatic heterocycles. The van der Waals surface area contributed by atoms with Gasteiger partial charge in [-0.1, -0.05) is 0 Å². The Labute approximate surface area is 393 Å². The Hall–Kier alpha value is -7.12. The molecule has 1 amide bonds. The number of nitrogens with zero attached hydrogens (tertiary/aromatic N) is 6. The van der Waals surface area contributed by atoms with Gasteiger partial charge in [0.15, 0.2) is 9.84 Å². The minimum atomic E-state index is -4.99. The maximum atomic E-state index is 13.3. The predicted molar refractivity (Wildman–Crippen MR) is 256 cm³/mol. The summed E-state index contributed by atoms with van der Waals surface area (Å²) in [6.07, 6.45) is 0. The van der Waals surface area contributed by atoms with Gasteiger partial charge in [0.05, 0.1) is 62.5 Å². The van der Waals surface area contributed by atoms with Gasteiger partial charge in [0.2, 0.25) is 5.91 Å². The molecular formula is C39H38N12O12S5. The van der Waals surface area contributed by atoms with Crippen LogP contribution in [0.25, 0.3) is 10.8 Å². The number of amides is 1. The maximum absolute atomic E-state index is 13.3. The lowest BCUT2D eigenvalue weighted by Crippen LogP contribution is -2.28. The zero-order valence-electron chi connectivity index (χ0n) is 35.1. The minimum absolute atomic E-state index is 0.0280. The number of rotatable bonds is 17. The number of ether oxygens (including phenoxy) is 1. The number of hydrogen-bond acceptors (Lipinski definition) is 20. The number of hydrogen-bond donors (Lipinski definition) is 9. The summed E-state index contributed by atoms with van der Waals surface area (Å²) in [4.78, 5) is 10.7. The Kier molecular flexibility index (Phi) is 14.8. The first-order valence-corrected chi connectivity index (χ1v) is 25.4. The highest BCUT2D eigenvalue weighted by Gasteiger charge is 2.24. The molecule has 0 saturated carbocycles. The fraction of sp³-hybridized carbons (Fsp3) is 0.103. The van der Waals surface area contributed by atoms with E-state index in [-0.39, 0.29) is 76.9 Å². The quantitative estimate of drug-likeness (QED) is 0.0187. The van der Waals surface area contributed by atoms with Gasteiger partial charge in [-0.15, -0.1) is 28.0 Å². The SMILES string of the molecule is COc1cc(N=Nc2ccc(NS(=O)(=O)c3ccc(N=Nc4c(S(=O)(=O)O)cc5cc(S)c(N=Nc6ccc(S(=O)(=O)CCNS(=O)(=O)O)cc6)c(N)c5c4N)cc3)cc2)c(NC(C)=O)cc1N. The van der Waals surface area contributed by atoms with E-state index in [1.54, 1.807) is 4.72 Å². The van der Waals surface area contributed by atoms with E-state index in [0.717, 1.165) is 6.07 Å². The number of anilines is 5. The molecule has 0 radical (unpaired) electrons. The van der Waals surface area contributed by atoms with E-state index in [1.807, 2.05) is 0 Å². The average Bonchev–Trinajstić information content (AvgIpc) is 3.25. The number of carbonyl (C=O) groups excluding carboxylic acids is 1. The van der Waals surface area contributed by atoms with Crippen LogP contribution in [0.5, 0.6) is 5.75 Å². The lowest BCUT2D eigenvalue weighted by molar-refractivity contribution is -0.114. The number of carbonyl (C=O) groups is 1. The van der Waals surface area contributed by atoms with E-state index in [2.05, 4.69) is 53.4 Å². The third-order valence-electron chi connectivity index (χ3n) is 9.25. The molecule has 6 rings (SSSR count). The number of nitrogens with two attached hydrogens (primary N) is 3. The molecule has 0 fully saturated rings. The van der Waals surface area contributed by atoms with Gasteiger partial charge in [0, 0.05) is 35.5 Å². The monoisotopic (exact) mass is 1030 g/mol. The fourth-order valence-electron chi connectivity index (χ4n) is 6.09. The van der Waals surface area contributed by atoms with Crippen LogP contribution in [0.3, 0.4) is 0 Å². The van der Waals surface area contributed by atoms with Crippen LogP contribution < -0.4 is 36.7 Å². The molecule has 29 heteroatoms. The number of sulfonamides is 1. The van der Waals surface area contributed by atoms with Crippen molar-refractivity contribution in [2.24, 2.45) is 30.7 Å². The van der Waals surface area contributed by atoms with Crippen molar-refractivity contribution in [3.05, 3.63) is 97.1 Å². The van der Waals surface area contributed by atoms with Crippen molar-refractivity contribution < 1.29 is 52.3 Å². The third kappa shape index (κ3) is 12.3. The van der Waals surface area contributed by atoms with Crippen LogP contribution in [-0.2, 0) is 45.1 Å². The van der Waals surface area contributed by atoms with Gasteiger partial charge in [0.25, 0.3) is 20.1 Å². The second-order valence-corrected chi connectivity index (χ2v) is 21.0. The van der Waals surface area contributed by atoms with E-state index in [4.69, 9.17) is 26.5 Å². The second kappa shape index (κ2) is 20.0. The van der Waals surface area contributed by atoms with Gasteiger partial charge >= 0.3 is 10.3 Å². The minimum Gasteiger partial charge on any atom is -0.495 e. The first-order valence-electron chi connectivity index (χ1n) is 19.0. The number of methoxy groups -OCH3 is 1. The Balaban J connectivity index is 1.20. The van der Waals surface area contributed by atoms with Crippen molar-refractivity contribution in [1.82, 2.24) is 4.72 Å². The predicted octanol–water partition coefficient (Wildman–Crippen LogP) is 7.30. The van der Waals surface area contributed by atoms with Gasteiger partial charge in [-0.25, -0.2) is 16.8 Å². The summed E-state index contributed by atoms with van der Waals surface area (Å²) < 4.78 is 127. The van der Waals surface area contributed by atoms with Crippen LogP contribution in [0.1, 0.15) is 6.92 Å². The van der Waals surface area contributed by atoms with Crippen LogP contribution in [0, 0.1) is 0 Å². The van der Waals surface area contributed by atoms with Crippen molar-refractivity contribution in [2.75, 3.05) is 46.6 Å². The molecule has 0 bridgehead atoms. The first-order chi connectivity index (χ1) is 31.8. The van der Waals surface area contributed by atoms with E-state index >= 15 is 0 Å². The summed E-state index contributed by atoms with van der Waals surface area (Å²) in [6, 6.07) is 21.2. The average molecular weight is 1030 g/mol. The highest BCUT2D eigenvalue weighted by molar-refractivity contribution is 7.92. The van der Waals surface area contributed by atoms with Crippen molar-refractivity contribution in [2.45, 2.75) is 26.5 Å². The molecule has 0 atom stereocenters. The largest absolute Gasteiger partial charge is 0.495 e. The third-order valence-corrected chi connectivity index (χ3v) is 14.2. The molecule has 6 aromatic carbocycles. The number of nitrogens with one attached hydrogen (secondary N) is 3. The first kappa shape index (κ1) is 50.3. The summed E-state index contributed by atoms with van der Waals surface area (Å²) in [7, 11) is -16.3. The molecule has 0 heterocycles. The van der Waals surface area contributed by atoms with Gasteiger partial charge in [-0.2, -0.15) is 36.9 Å². The van der Waals surface area contributed by atoms with Crippen molar-refractivity contribution in [3.63, 3.8) is 0 Å². The van der Waals surface area contributed by atoms with Crippen LogP contribution in [0.2, 0.25) is 0 Å². The lowest BCUT2D eigenvalue weighted by Gasteiger charge is -2.14. The number of fused-ring (bicyclic) bond motifs is 1. The molecule has 356 valence electrons. The van der Waals surface area contributed by atoms with E-state index < -0.39 is 63.2 Å².